The Morgan fingerprint density at radius 2 is 2.21 bits per heavy atom. The monoisotopic (exact) mass is 279 g/mol. The molecule has 0 aliphatic carbocycles. The summed E-state index contributed by atoms with van der Waals surface area (Å²) in [6, 6.07) is 1.20. The molecule has 3 heterocycles. The molecule has 5 heteroatoms. The van der Waals surface area contributed by atoms with Crippen molar-refractivity contribution in [2.45, 2.75) is 51.2 Å². The van der Waals surface area contributed by atoms with E-state index in [1.807, 2.05) is 13.8 Å². The van der Waals surface area contributed by atoms with Crippen LogP contribution in [0.15, 0.2) is 0 Å². The first-order chi connectivity index (χ1) is 8.99. The molecule has 0 saturated carbocycles. The van der Waals surface area contributed by atoms with Crippen LogP contribution in [0.4, 0.5) is 5.00 Å². The fourth-order valence-electron chi connectivity index (χ4n) is 3.37. The molecule has 0 aromatic carbocycles. The van der Waals surface area contributed by atoms with Crippen LogP contribution in [0.3, 0.4) is 0 Å². The first-order valence-corrected chi connectivity index (χ1v) is 7.74. The van der Waals surface area contributed by atoms with E-state index in [1.54, 1.807) is 11.3 Å². The van der Waals surface area contributed by atoms with E-state index >= 15 is 0 Å². The largest absolute Gasteiger partial charge is 0.390 e. The number of amides is 1. The van der Waals surface area contributed by atoms with Crippen LogP contribution in [0, 0.1) is 0 Å². The van der Waals surface area contributed by atoms with Crippen molar-refractivity contribution in [3.05, 3.63) is 16.0 Å². The molecule has 1 aromatic rings. The first kappa shape index (κ1) is 12.9. The predicted octanol–water partition coefficient (Wildman–Crippen LogP) is 2.16. The molecule has 2 atom stereocenters. The average molecular weight is 279 g/mol. The highest BCUT2D eigenvalue weighted by Gasteiger charge is 2.41. The van der Waals surface area contributed by atoms with Crippen LogP contribution in [0.1, 0.15) is 53.5 Å². The second kappa shape index (κ2) is 4.49. The number of fused-ring (bicyclic) bond motifs is 4. The van der Waals surface area contributed by atoms with Crippen molar-refractivity contribution < 1.29 is 4.79 Å². The zero-order chi connectivity index (χ0) is 13.7. The molecule has 3 N–H and O–H groups in total. The molecule has 2 unspecified atom stereocenters. The molecule has 3 rings (SSSR count). The molecule has 1 amide bonds. The quantitative estimate of drug-likeness (QED) is 0.872. The van der Waals surface area contributed by atoms with Crippen LogP contribution in [0.2, 0.25) is 0 Å². The van der Waals surface area contributed by atoms with Crippen molar-refractivity contribution in [3.8, 4) is 0 Å². The van der Waals surface area contributed by atoms with Crippen LogP contribution in [-0.2, 0) is 6.42 Å². The number of thiophene rings is 1. The summed E-state index contributed by atoms with van der Waals surface area (Å²) in [5, 5.41) is 3.66. The van der Waals surface area contributed by atoms with Crippen LogP contribution in [0.25, 0.3) is 0 Å². The smallest absolute Gasteiger partial charge is 0.254 e. The van der Waals surface area contributed by atoms with Crippen LogP contribution in [-0.4, -0.2) is 29.9 Å². The standard InChI is InChI=1S/C14H21N3OS/c1-7(2)16-14(18)11-9-6-8-4-5-10(17(8)3)12(9)19-13(11)15/h7-8,10H,4-6,15H2,1-3H3,(H,16,18). The van der Waals surface area contributed by atoms with Crippen LogP contribution in [0.5, 0.6) is 0 Å². The molecule has 2 aliphatic heterocycles. The molecule has 104 valence electrons. The summed E-state index contributed by atoms with van der Waals surface area (Å²) in [6.45, 7) is 3.95. The van der Waals surface area contributed by atoms with E-state index in [-0.39, 0.29) is 11.9 Å². The summed E-state index contributed by atoms with van der Waals surface area (Å²) in [4.78, 5) is 16.1. The number of hydrogen-bond acceptors (Lipinski definition) is 4. The Bertz CT molecular complexity index is 523. The lowest BCUT2D eigenvalue weighted by atomic mass is 9.97. The van der Waals surface area contributed by atoms with Gasteiger partial charge in [-0.1, -0.05) is 0 Å². The molecule has 1 fully saturated rings. The Morgan fingerprint density at radius 3 is 2.89 bits per heavy atom. The van der Waals surface area contributed by atoms with Gasteiger partial charge in [0.05, 0.1) is 10.6 Å². The Kier molecular flexibility index (Phi) is 3.06. The number of hydrogen-bond donors (Lipinski definition) is 2. The number of nitrogen functional groups attached to an aromatic ring is 1. The summed E-state index contributed by atoms with van der Waals surface area (Å²) in [7, 11) is 2.19. The zero-order valence-electron chi connectivity index (χ0n) is 11.7. The number of anilines is 1. The van der Waals surface area contributed by atoms with Gasteiger partial charge in [0.2, 0.25) is 0 Å². The first-order valence-electron chi connectivity index (χ1n) is 6.93. The van der Waals surface area contributed by atoms with Crippen LogP contribution >= 0.6 is 11.3 Å². The van der Waals surface area contributed by atoms with E-state index in [9.17, 15) is 4.79 Å². The molecular weight excluding hydrogens is 258 g/mol. The molecule has 1 saturated heterocycles. The van der Waals surface area contributed by atoms with Crippen LogP contribution < -0.4 is 11.1 Å². The number of nitrogens with one attached hydrogen (secondary N) is 1. The molecule has 2 aliphatic rings. The molecule has 2 bridgehead atoms. The number of carbonyl (C=O) groups excluding carboxylic acids is 1. The van der Waals surface area contributed by atoms with Gasteiger partial charge in [0.15, 0.2) is 0 Å². The molecule has 19 heavy (non-hydrogen) atoms. The van der Waals surface area contributed by atoms with E-state index in [0.29, 0.717) is 17.1 Å². The zero-order valence-corrected chi connectivity index (χ0v) is 12.5. The lowest BCUT2D eigenvalue weighted by Gasteiger charge is -2.31. The van der Waals surface area contributed by atoms with E-state index < -0.39 is 0 Å². The minimum absolute atomic E-state index is 0.00560. The number of nitrogens with zero attached hydrogens (tertiary/aromatic N) is 1. The Morgan fingerprint density at radius 1 is 1.47 bits per heavy atom. The lowest BCUT2D eigenvalue weighted by Crippen LogP contribution is -2.35. The molecule has 1 aromatic heterocycles. The Labute approximate surface area is 118 Å². The second-order valence-electron chi connectivity index (χ2n) is 5.93. The summed E-state index contributed by atoms with van der Waals surface area (Å²) in [5.74, 6) is -0.00560. The minimum Gasteiger partial charge on any atom is -0.390 e. The third kappa shape index (κ3) is 1.96. The summed E-state index contributed by atoms with van der Waals surface area (Å²) < 4.78 is 0. The SMILES string of the molecule is CC(C)NC(=O)c1c(N)sc2c1CC1CCC2N1C. The predicted molar refractivity (Wildman–Crippen MR) is 78.6 cm³/mol. The maximum Gasteiger partial charge on any atom is 0.254 e. The highest BCUT2D eigenvalue weighted by atomic mass is 32.1. The van der Waals surface area contributed by atoms with Crippen molar-refractivity contribution in [2.75, 3.05) is 12.8 Å². The summed E-state index contributed by atoms with van der Waals surface area (Å²) >= 11 is 1.61. The third-order valence-corrected chi connectivity index (χ3v) is 5.46. The maximum atomic E-state index is 12.3. The topological polar surface area (TPSA) is 58.4 Å². The Balaban J connectivity index is 2.00. The number of carbonyl (C=O) groups is 1. The van der Waals surface area contributed by atoms with Crippen molar-refractivity contribution in [1.29, 1.82) is 0 Å². The number of likely N-dealkylation sites (N-methyl/N-ethyl adjacent to an activating group) is 1. The van der Waals surface area contributed by atoms with Gasteiger partial charge in [0, 0.05) is 23.0 Å². The van der Waals surface area contributed by atoms with E-state index in [1.165, 1.54) is 23.3 Å². The number of rotatable bonds is 2. The average Bonchev–Trinajstić information content (AvgIpc) is 2.75. The minimum atomic E-state index is -0.00560. The van der Waals surface area contributed by atoms with Gasteiger partial charge in [-0.05, 0) is 45.7 Å². The lowest BCUT2D eigenvalue weighted by molar-refractivity contribution is 0.0942. The fraction of sp³-hybridized carbons (Fsp3) is 0.643. The van der Waals surface area contributed by atoms with Gasteiger partial charge < -0.3 is 11.1 Å². The fourth-order valence-corrected chi connectivity index (χ4v) is 4.65. The molecule has 4 nitrogen and oxygen atoms in total. The van der Waals surface area contributed by atoms with Gasteiger partial charge in [-0.15, -0.1) is 11.3 Å². The van der Waals surface area contributed by atoms with Gasteiger partial charge in [-0.25, -0.2) is 0 Å². The van der Waals surface area contributed by atoms with E-state index in [2.05, 4.69) is 17.3 Å². The van der Waals surface area contributed by atoms with Crippen molar-refractivity contribution in [3.63, 3.8) is 0 Å². The summed E-state index contributed by atoms with van der Waals surface area (Å²) in [5.41, 5.74) is 8.08. The molecular formula is C14H21N3OS. The highest BCUT2D eigenvalue weighted by Crippen LogP contribution is 2.48. The van der Waals surface area contributed by atoms with Gasteiger partial charge in [0.1, 0.15) is 0 Å². The van der Waals surface area contributed by atoms with Crippen molar-refractivity contribution in [2.24, 2.45) is 0 Å². The van der Waals surface area contributed by atoms with Gasteiger partial charge in [0.25, 0.3) is 5.91 Å². The molecule has 0 spiro atoms. The normalized spacial score (nSPS) is 25.7. The van der Waals surface area contributed by atoms with Crippen molar-refractivity contribution >= 4 is 22.2 Å². The Hall–Kier alpha value is -1.07. The summed E-state index contributed by atoms with van der Waals surface area (Å²) in [6.07, 6.45) is 3.39. The van der Waals surface area contributed by atoms with Crippen molar-refractivity contribution in [1.82, 2.24) is 10.2 Å². The van der Waals surface area contributed by atoms with Gasteiger partial charge in [-0.2, -0.15) is 0 Å². The maximum absolute atomic E-state index is 12.3. The van der Waals surface area contributed by atoms with E-state index in [0.717, 1.165) is 12.0 Å². The highest BCUT2D eigenvalue weighted by molar-refractivity contribution is 7.16. The van der Waals surface area contributed by atoms with Gasteiger partial charge >= 0.3 is 0 Å². The molecule has 0 radical (unpaired) electrons. The van der Waals surface area contributed by atoms with Gasteiger partial charge in [-0.3, -0.25) is 9.69 Å². The number of nitrogens with two attached hydrogens (primary N) is 1. The second-order valence-corrected chi connectivity index (χ2v) is 7.01. The third-order valence-electron chi connectivity index (χ3n) is 4.30. The van der Waals surface area contributed by atoms with E-state index in [4.69, 9.17) is 5.73 Å².